The summed E-state index contributed by atoms with van der Waals surface area (Å²) in [4.78, 5) is 0. The fourth-order valence-electron chi connectivity index (χ4n) is 1.44. The molecule has 0 aromatic heterocycles. The monoisotopic (exact) mass is 190 g/mol. The van der Waals surface area contributed by atoms with Gasteiger partial charge in [0.15, 0.2) is 0 Å². The molecule has 0 radical (unpaired) electrons. The maximum absolute atomic E-state index is 13.1. The zero-order valence-corrected chi connectivity index (χ0v) is 7.84. The molecule has 0 saturated carbocycles. The average molecular weight is 190 g/mol. The predicted octanol–water partition coefficient (Wildman–Crippen LogP) is 2.60. The third-order valence-electron chi connectivity index (χ3n) is 2.24. The molecule has 0 aliphatic carbocycles. The van der Waals surface area contributed by atoms with Gasteiger partial charge in [-0.15, -0.1) is 0 Å². The van der Waals surface area contributed by atoms with Crippen LogP contribution in [-0.4, -0.2) is 7.05 Å². The van der Waals surface area contributed by atoms with Gasteiger partial charge >= 0.3 is 0 Å². The van der Waals surface area contributed by atoms with Crippen molar-refractivity contribution < 1.29 is 4.39 Å². The number of nitrogen functional groups attached to an aromatic ring is 1. The van der Waals surface area contributed by atoms with Crippen LogP contribution in [0.3, 0.4) is 0 Å². The van der Waals surface area contributed by atoms with Gasteiger partial charge in [-0.25, -0.2) is 4.39 Å². The highest BCUT2D eigenvalue weighted by molar-refractivity contribution is 5.88. The summed E-state index contributed by atoms with van der Waals surface area (Å²) in [5, 5.41) is 4.80. The first-order chi connectivity index (χ1) is 6.70. The van der Waals surface area contributed by atoms with E-state index in [1.54, 1.807) is 6.07 Å². The van der Waals surface area contributed by atoms with Crippen molar-refractivity contribution in [2.24, 2.45) is 0 Å². The molecule has 0 amide bonds. The quantitative estimate of drug-likeness (QED) is 0.678. The molecular formula is C11H11FN2. The molecule has 0 spiro atoms. The van der Waals surface area contributed by atoms with Gasteiger partial charge in [0.1, 0.15) is 5.82 Å². The Labute approximate surface area is 81.5 Å². The minimum Gasteiger partial charge on any atom is -0.396 e. The fraction of sp³-hybridized carbons (Fsp3) is 0.0909. The maximum atomic E-state index is 13.1. The van der Waals surface area contributed by atoms with Crippen molar-refractivity contribution in [3.63, 3.8) is 0 Å². The molecule has 2 aromatic rings. The van der Waals surface area contributed by atoms with Crippen LogP contribution in [0.1, 0.15) is 0 Å². The van der Waals surface area contributed by atoms with Crippen LogP contribution in [0.25, 0.3) is 10.8 Å². The molecule has 3 N–H and O–H groups in total. The van der Waals surface area contributed by atoms with Crippen molar-refractivity contribution in [3.8, 4) is 0 Å². The van der Waals surface area contributed by atoms with Crippen LogP contribution in [-0.2, 0) is 0 Å². The topological polar surface area (TPSA) is 38.0 Å². The first-order valence-corrected chi connectivity index (χ1v) is 4.37. The highest BCUT2D eigenvalue weighted by Gasteiger charge is 2.01. The Morgan fingerprint density at radius 1 is 1.14 bits per heavy atom. The van der Waals surface area contributed by atoms with E-state index in [0.29, 0.717) is 0 Å². The number of rotatable bonds is 1. The van der Waals surface area contributed by atoms with Gasteiger partial charge in [-0.1, -0.05) is 6.07 Å². The Bertz CT molecular complexity index is 480. The number of hydrogen-bond donors (Lipinski definition) is 2. The van der Waals surface area contributed by atoms with Crippen LogP contribution in [0.15, 0.2) is 30.3 Å². The standard InChI is InChI=1S/C11H11FN2/c1-14-9-3-2-7-6-11(13)10(12)5-8(7)4-9/h2-6,14H,13H2,1H3. The first-order valence-electron chi connectivity index (χ1n) is 4.37. The van der Waals surface area contributed by atoms with Gasteiger partial charge in [-0.2, -0.15) is 0 Å². The molecule has 3 heteroatoms. The molecule has 0 fully saturated rings. The van der Waals surface area contributed by atoms with Crippen LogP contribution in [0.4, 0.5) is 15.8 Å². The summed E-state index contributed by atoms with van der Waals surface area (Å²) in [6, 6.07) is 8.82. The largest absolute Gasteiger partial charge is 0.396 e. The second-order valence-electron chi connectivity index (χ2n) is 3.19. The first kappa shape index (κ1) is 8.81. The Morgan fingerprint density at radius 2 is 1.93 bits per heavy atom. The Kier molecular flexibility index (Phi) is 2.00. The van der Waals surface area contributed by atoms with Crippen LogP contribution in [0.2, 0.25) is 0 Å². The maximum Gasteiger partial charge on any atom is 0.146 e. The predicted molar refractivity (Wildman–Crippen MR) is 57.9 cm³/mol. The summed E-state index contributed by atoms with van der Waals surface area (Å²) in [5.41, 5.74) is 6.62. The lowest BCUT2D eigenvalue weighted by Gasteiger charge is -2.04. The van der Waals surface area contributed by atoms with E-state index in [1.807, 2.05) is 25.2 Å². The van der Waals surface area contributed by atoms with E-state index in [2.05, 4.69) is 5.32 Å². The average Bonchev–Trinajstić information content (AvgIpc) is 2.19. The molecule has 0 unspecified atom stereocenters. The van der Waals surface area contributed by atoms with E-state index < -0.39 is 0 Å². The zero-order valence-electron chi connectivity index (χ0n) is 7.84. The number of nitrogens with two attached hydrogens (primary N) is 1. The summed E-state index contributed by atoms with van der Waals surface area (Å²) in [6.45, 7) is 0. The number of hydrogen-bond acceptors (Lipinski definition) is 2. The van der Waals surface area contributed by atoms with Crippen LogP contribution >= 0.6 is 0 Å². The molecule has 0 aliphatic heterocycles. The van der Waals surface area contributed by atoms with Gasteiger partial charge in [0, 0.05) is 12.7 Å². The van der Waals surface area contributed by atoms with Gasteiger partial charge in [0.05, 0.1) is 5.69 Å². The van der Waals surface area contributed by atoms with Crippen molar-refractivity contribution in [3.05, 3.63) is 36.1 Å². The minimum absolute atomic E-state index is 0.190. The van der Waals surface area contributed by atoms with Crippen LogP contribution in [0.5, 0.6) is 0 Å². The van der Waals surface area contributed by atoms with Gasteiger partial charge in [-0.05, 0) is 35.0 Å². The SMILES string of the molecule is CNc1ccc2cc(N)c(F)cc2c1. The van der Waals surface area contributed by atoms with Crippen molar-refractivity contribution in [1.29, 1.82) is 0 Å². The molecule has 0 heterocycles. The summed E-state index contributed by atoms with van der Waals surface area (Å²) in [5.74, 6) is -0.370. The van der Waals surface area contributed by atoms with E-state index in [9.17, 15) is 4.39 Å². The van der Waals surface area contributed by atoms with Gasteiger partial charge in [0.2, 0.25) is 0 Å². The highest BCUT2D eigenvalue weighted by atomic mass is 19.1. The lowest BCUT2D eigenvalue weighted by molar-refractivity contribution is 0.634. The second-order valence-corrected chi connectivity index (χ2v) is 3.19. The smallest absolute Gasteiger partial charge is 0.146 e. The molecule has 2 aromatic carbocycles. The van der Waals surface area contributed by atoms with E-state index in [1.165, 1.54) is 6.07 Å². The van der Waals surface area contributed by atoms with Gasteiger partial charge in [0.25, 0.3) is 0 Å². The molecule has 2 nitrogen and oxygen atoms in total. The summed E-state index contributed by atoms with van der Waals surface area (Å²) in [7, 11) is 1.83. The molecule has 0 bridgehead atoms. The van der Waals surface area contributed by atoms with Gasteiger partial charge in [-0.3, -0.25) is 0 Å². The normalized spacial score (nSPS) is 10.4. The molecule has 2 rings (SSSR count). The molecule has 0 aliphatic rings. The fourth-order valence-corrected chi connectivity index (χ4v) is 1.44. The second kappa shape index (κ2) is 3.18. The Balaban J connectivity index is 2.70. The van der Waals surface area contributed by atoms with Crippen LogP contribution < -0.4 is 11.1 Å². The number of nitrogens with one attached hydrogen (secondary N) is 1. The summed E-state index contributed by atoms with van der Waals surface area (Å²) < 4.78 is 13.1. The lowest BCUT2D eigenvalue weighted by atomic mass is 10.1. The summed E-state index contributed by atoms with van der Waals surface area (Å²) in [6.07, 6.45) is 0. The summed E-state index contributed by atoms with van der Waals surface area (Å²) >= 11 is 0. The number of benzene rings is 2. The molecule has 0 atom stereocenters. The lowest BCUT2D eigenvalue weighted by Crippen LogP contribution is -1.91. The Morgan fingerprint density at radius 3 is 2.64 bits per heavy atom. The van der Waals surface area contributed by atoms with E-state index in [4.69, 9.17) is 5.73 Å². The Hall–Kier alpha value is -1.77. The molecule has 14 heavy (non-hydrogen) atoms. The van der Waals surface area contributed by atoms with Crippen LogP contribution in [0, 0.1) is 5.82 Å². The number of anilines is 2. The van der Waals surface area contributed by atoms with Gasteiger partial charge < -0.3 is 11.1 Å². The molecule has 72 valence electrons. The molecular weight excluding hydrogens is 179 g/mol. The van der Waals surface area contributed by atoms with Crippen molar-refractivity contribution in [2.45, 2.75) is 0 Å². The number of halogens is 1. The van der Waals surface area contributed by atoms with Crippen molar-refractivity contribution in [2.75, 3.05) is 18.1 Å². The number of fused-ring (bicyclic) bond motifs is 1. The van der Waals surface area contributed by atoms with E-state index in [-0.39, 0.29) is 11.5 Å². The molecule has 0 saturated heterocycles. The third kappa shape index (κ3) is 1.37. The minimum atomic E-state index is -0.370. The van der Waals surface area contributed by atoms with Crippen molar-refractivity contribution in [1.82, 2.24) is 0 Å². The third-order valence-corrected chi connectivity index (χ3v) is 2.24. The van der Waals surface area contributed by atoms with E-state index >= 15 is 0 Å². The van der Waals surface area contributed by atoms with Crippen molar-refractivity contribution >= 4 is 22.1 Å². The highest BCUT2D eigenvalue weighted by Crippen LogP contribution is 2.23. The van der Waals surface area contributed by atoms with E-state index in [0.717, 1.165) is 16.5 Å². The zero-order chi connectivity index (χ0) is 10.1.